The molecule has 2 aromatic carbocycles. The van der Waals surface area contributed by atoms with E-state index in [-0.39, 0.29) is 5.75 Å². The highest BCUT2D eigenvalue weighted by atomic mass is 16.5. The molecule has 1 N–H and O–H groups in total. The summed E-state index contributed by atoms with van der Waals surface area (Å²) in [4.78, 5) is 0. The molecule has 0 aliphatic heterocycles. The van der Waals surface area contributed by atoms with Crippen LogP contribution in [-0.4, -0.2) is 5.11 Å². The first-order valence-corrected chi connectivity index (χ1v) is 9.34. The monoisotopic (exact) mass is 326 g/mol. The molecule has 0 aliphatic carbocycles. The van der Waals surface area contributed by atoms with E-state index in [1.54, 1.807) is 0 Å². The van der Waals surface area contributed by atoms with Crippen molar-refractivity contribution in [3.8, 4) is 17.2 Å². The van der Waals surface area contributed by atoms with Gasteiger partial charge in [-0.3, -0.25) is 0 Å². The van der Waals surface area contributed by atoms with Crippen LogP contribution in [0.1, 0.15) is 63.9 Å². The third-order valence-electron chi connectivity index (χ3n) is 4.31. The van der Waals surface area contributed by atoms with Gasteiger partial charge in [-0.15, -0.1) is 0 Å². The molecule has 2 nitrogen and oxygen atoms in total. The largest absolute Gasteiger partial charge is 0.504 e. The molecule has 0 amide bonds. The van der Waals surface area contributed by atoms with Gasteiger partial charge in [0.1, 0.15) is 5.75 Å². The molecule has 0 aliphatic rings. The number of phenols is 1. The number of rotatable bonds is 11. The second kappa shape index (κ2) is 10.7. The summed E-state index contributed by atoms with van der Waals surface area (Å²) in [6.07, 6.45) is 11.6. The Balaban J connectivity index is 1.70. The molecule has 0 atom stereocenters. The molecule has 24 heavy (non-hydrogen) atoms. The van der Waals surface area contributed by atoms with Gasteiger partial charge in [0, 0.05) is 0 Å². The van der Waals surface area contributed by atoms with Gasteiger partial charge in [-0.1, -0.05) is 76.1 Å². The number of para-hydroxylation sites is 1. The van der Waals surface area contributed by atoms with E-state index in [0.717, 1.165) is 12.2 Å². The molecule has 0 heterocycles. The van der Waals surface area contributed by atoms with Crippen LogP contribution in [0.5, 0.6) is 17.2 Å². The number of hydrogen-bond donors (Lipinski definition) is 1. The Bertz CT molecular complexity index is 578. The van der Waals surface area contributed by atoms with Crippen LogP contribution in [0.2, 0.25) is 0 Å². The van der Waals surface area contributed by atoms with Gasteiger partial charge in [0.25, 0.3) is 0 Å². The minimum absolute atomic E-state index is 0.218. The van der Waals surface area contributed by atoms with Gasteiger partial charge >= 0.3 is 0 Å². The van der Waals surface area contributed by atoms with Gasteiger partial charge in [0.15, 0.2) is 11.5 Å². The second-order valence-corrected chi connectivity index (χ2v) is 6.44. The maximum Gasteiger partial charge on any atom is 0.169 e. The van der Waals surface area contributed by atoms with E-state index in [2.05, 4.69) is 13.0 Å². The van der Waals surface area contributed by atoms with E-state index < -0.39 is 0 Å². The predicted octanol–water partition coefficient (Wildman–Crippen LogP) is 6.87. The van der Waals surface area contributed by atoms with Crippen LogP contribution in [0.15, 0.2) is 48.5 Å². The van der Waals surface area contributed by atoms with Crippen molar-refractivity contribution in [1.82, 2.24) is 0 Å². The van der Waals surface area contributed by atoms with E-state index in [9.17, 15) is 5.11 Å². The summed E-state index contributed by atoms with van der Waals surface area (Å²) in [6, 6.07) is 15.3. The zero-order valence-corrected chi connectivity index (χ0v) is 14.8. The first-order chi connectivity index (χ1) is 11.8. The summed E-state index contributed by atoms with van der Waals surface area (Å²) >= 11 is 0. The van der Waals surface area contributed by atoms with Gasteiger partial charge in [-0.25, -0.2) is 0 Å². The number of aromatic hydroxyl groups is 1. The van der Waals surface area contributed by atoms with Gasteiger partial charge in [-0.05, 0) is 42.7 Å². The van der Waals surface area contributed by atoms with Crippen molar-refractivity contribution < 1.29 is 9.84 Å². The number of unbranched alkanes of at least 4 members (excludes halogenated alkanes) is 7. The van der Waals surface area contributed by atoms with Crippen molar-refractivity contribution in [1.29, 1.82) is 0 Å². The normalized spacial score (nSPS) is 10.7. The molecular weight excluding hydrogens is 296 g/mol. The van der Waals surface area contributed by atoms with Crippen molar-refractivity contribution in [2.45, 2.75) is 64.7 Å². The fourth-order valence-corrected chi connectivity index (χ4v) is 2.88. The van der Waals surface area contributed by atoms with E-state index in [1.807, 2.05) is 42.5 Å². The summed E-state index contributed by atoms with van der Waals surface area (Å²) in [7, 11) is 0. The number of benzene rings is 2. The molecule has 0 bridgehead atoms. The van der Waals surface area contributed by atoms with Crippen LogP contribution < -0.4 is 4.74 Å². The number of ether oxygens (including phenoxy) is 1. The number of phenolic OH excluding ortho intramolecular Hbond substituents is 1. The molecular formula is C22H30O2. The molecule has 2 rings (SSSR count). The average Bonchev–Trinajstić information content (AvgIpc) is 2.60. The summed E-state index contributed by atoms with van der Waals surface area (Å²) in [5.74, 6) is 1.47. The zero-order chi connectivity index (χ0) is 17.0. The van der Waals surface area contributed by atoms with Gasteiger partial charge in [-0.2, -0.15) is 0 Å². The molecule has 130 valence electrons. The lowest BCUT2D eigenvalue weighted by Crippen LogP contribution is -1.89. The first kappa shape index (κ1) is 18.4. The summed E-state index contributed by atoms with van der Waals surface area (Å²) in [6.45, 7) is 2.26. The smallest absolute Gasteiger partial charge is 0.169 e. The molecule has 2 aromatic rings. The Labute approximate surface area is 146 Å². The fraction of sp³-hybridized carbons (Fsp3) is 0.455. The van der Waals surface area contributed by atoms with Crippen LogP contribution in [0.4, 0.5) is 0 Å². The molecule has 0 saturated carbocycles. The lowest BCUT2D eigenvalue weighted by atomic mass is 10.0. The maximum absolute atomic E-state index is 10.2. The highest BCUT2D eigenvalue weighted by molar-refractivity contribution is 5.44. The minimum Gasteiger partial charge on any atom is -0.504 e. The van der Waals surface area contributed by atoms with Crippen LogP contribution in [0.25, 0.3) is 0 Å². The molecule has 0 unspecified atom stereocenters. The van der Waals surface area contributed by atoms with Gasteiger partial charge < -0.3 is 9.84 Å². The fourth-order valence-electron chi connectivity index (χ4n) is 2.88. The molecule has 0 saturated heterocycles. The van der Waals surface area contributed by atoms with E-state index in [4.69, 9.17) is 4.74 Å². The molecule has 0 fully saturated rings. The SMILES string of the molecule is CCCCCCCCCCc1ccc(Oc2ccccc2)c(O)c1. The third-order valence-corrected chi connectivity index (χ3v) is 4.31. The number of aryl methyl sites for hydroxylation is 1. The van der Waals surface area contributed by atoms with Crippen LogP contribution in [0.3, 0.4) is 0 Å². The summed E-state index contributed by atoms with van der Waals surface area (Å²) in [5, 5.41) is 10.2. The van der Waals surface area contributed by atoms with Gasteiger partial charge in [0.05, 0.1) is 0 Å². The van der Waals surface area contributed by atoms with Crippen LogP contribution >= 0.6 is 0 Å². The Morgan fingerprint density at radius 3 is 2.12 bits per heavy atom. The minimum atomic E-state index is 0.218. The standard InChI is InChI=1S/C22H30O2/c1-2-3-4-5-6-7-8-10-13-19-16-17-22(21(23)18-19)24-20-14-11-9-12-15-20/h9,11-12,14-18,23H,2-8,10,13H2,1H3. The van der Waals surface area contributed by atoms with Crippen LogP contribution in [-0.2, 0) is 6.42 Å². The van der Waals surface area contributed by atoms with E-state index in [0.29, 0.717) is 5.75 Å². The Kier molecular flexibility index (Phi) is 8.23. The molecule has 0 aromatic heterocycles. The highest BCUT2D eigenvalue weighted by Crippen LogP contribution is 2.31. The second-order valence-electron chi connectivity index (χ2n) is 6.44. The molecule has 0 radical (unpaired) electrons. The average molecular weight is 326 g/mol. The van der Waals surface area contributed by atoms with Crippen molar-refractivity contribution in [2.24, 2.45) is 0 Å². The Morgan fingerprint density at radius 2 is 1.46 bits per heavy atom. The van der Waals surface area contributed by atoms with E-state index in [1.165, 1.54) is 56.9 Å². The van der Waals surface area contributed by atoms with Crippen molar-refractivity contribution in [2.75, 3.05) is 0 Å². The topological polar surface area (TPSA) is 29.5 Å². The predicted molar refractivity (Wildman–Crippen MR) is 101 cm³/mol. The van der Waals surface area contributed by atoms with Crippen molar-refractivity contribution in [3.63, 3.8) is 0 Å². The Hall–Kier alpha value is -1.96. The van der Waals surface area contributed by atoms with Crippen molar-refractivity contribution >= 4 is 0 Å². The van der Waals surface area contributed by atoms with Crippen molar-refractivity contribution in [3.05, 3.63) is 54.1 Å². The van der Waals surface area contributed by atoms with Gasteiger partial charge in [0.2, 0.25) is 0 Å². The molecule has 2 heteroatoms. The molecule has 0 spiro atoms. The zero-order valence-electron chi connectivity index (χ0n) is 14.8. The summed E-state index contributed by atoms with van der Waals surface area (Å²) in [5.41, 5.74) is 1.18. The highest BCUT2D eigenvalue weighted by Gasteiger charge is 2.05. The Morgan fingerprint density at radius 1 is 0.792 bits per heavy atom. The summed E-state index contributed by atoms with van der Waals surface area (Å²) < 4.78 is 5.70. The number of hydrogen-bond acceptors (Lipinski definition) is 2. The third kappa shape index (κ3) is 6.66. The van der Waals surface area contributed by atoms with Crippen LogP contribution in [0, 0.1) is 0 Å². The lowest BCUT2D eigenvalue weighted by Gasteiger charge is -2.09. The van der Waals surface area contributed by atoms with E-state index >= 15 is 0 Å². The lowest BCUT2D eigenvalue weighted by molar-refractivity contribution is 0.410. The maximum atomic E-state index is 10.2. The first-order valence-electron chi connectivity index (χ1n) is 9.34. The quantitative estimate of drug-likeness (QED) is 0.457.